The molecule has 156 valence electrons. The highest BCUT2D eigenvalue weighted by molar-refractivity contribution is 5.85. The standard InChI is InChI=1S/C23H33FO4/c1-13(25)28-12-20(27)18-7-6-17-16-5-4-14-10-15(26)8-9-22(14,2)21(16)19(24)11-23(17,18)3/h14,16-19,21H,4-12H2,1-3H3/t14?,16-,17-,18+,19?,21+,22-,23-/m0/s1. The van der Waals surface area contributed by atoms with Crippen molar-refractivity contribution in [2.45, 2.75) is 78.3 Å². The van der Waals surface area contributed by atoms with Crippen LogP contribution in [0, 0.1) is 40.4 Å². The third-order valence-electron chi connectivity index (χ3n) is 9.18. The third-order valence-corrected chi connectivity index (χ3v) is 9.18. The van der Waals surface area contributed by atoms with Crippen molar-refractivity contribution >= 4 is 17.5 Å². The van der Waals surface area contributed by atoms with Gasteiger partial charge in [0, 0.05) is 25.7 Å². The number of hydrogen-bond donors (Lipinski definition) is 0. The van der Waals surface area contributed by atoms with E-state index in [0.29, 0.717) is 42.8 Å². The maximum Gasteiger partial charge on any atom is 0.303 e. The topological polar surface area (TPSA) is 60.4 Å². The van der Waals surface area contributed by atoms with Gasteiger partial charge in [-0.2, -0.15) is 0 Å². The molecule has 8 atom stereocenters. The Bertz CT molecular complexity index is 690. The lowest BCUT2D eigenvalue weighted by atomic mass is 9.44. The van der Waals surface area contributed by atoms with E-state index in [-0.39, 0.29) is 35.1 Å². The van der Waals surface area contributed by atoms with E-state index in [4.69, 9.17) is 4.74 Å². The number of esters is 1. The molecule has 0 aromatic heterocycles. The number of ether oxygens (including phenoxy) is 1. The Balaban J connectivity index is 1.58. The van der Waals surface area contributed by atoms with E-state index in [2.05, 4.69) is 13.8 Å². The highest BCUT2D eigenvalue weighted by Gasteiger charge is 2.64. The zero-order valence-electron chi connectivity index (χ0n) is 17.3. The molecular formula is C23H33FO4. The molecule has 2 unspecified atom stereocenters. The first-order valence-corrected chi connectivity index (χ1v) is 11.0. The van der Waals surface area contributed by atoms with Crippen molar-refractivity contribution in [1.29, 1.82) is 0 Å². The molecule has 0 bridgehead atoms. The summed E-state index contributed by atoms with van der Waals surface area (Å²) in [6.45, 7) is 5.45. The molecule has 4 aliphatic rings. The number of ketones is 2. The lowest BCUT2D eigenvalue weighted by molar-refractivity contribution is -0.162. The summed E-state index contributed by atoms with van der Waals surface area (Å²) in [6, 6.07) is 0. The van der Waals surface area contributed by atoms with Gasteiger partial charge in [-0.25, -0.2) is 4.39 Å². The van der Waals surface area contributed by atoms with Crippen LogP contribution in [0.25, 0.3) is 0 Å². The molecule has 0 aliphatic heterocycles. The van der Waals surface area contributed by atoms with Gasteiger partial charge in [0.05, 0.1) is 0 Å². The second-order valence-electron chi connectivity index (χ2n) is 10.4. The average Bonchev–Trinajstić information content (AvgIpc) is 2.96. The van der Waals surface area contributed by atoms with Crippen LogP contribution in [0.4, 0.5) is 4.39 Å². The van der Waals surface area contributed by atoms with Gasteiger partial charge in [-0.15, -0.1) is 0 Å². The van der Waals surface area contributed by atoms with Gasteiger partial charge in [-0.3, -0.25) is 14.4 Å². The molecule has 0 heterocycles. The van der Waals surface area contributed by atoms with Crippen molar-refractivity contribution < 1.29 is 23.5 Å². The quantitative estimate of drug-likeness (QED) is 0.672. The summed E-state index contributed by atoms with van der Waals surface area (Å²) in [5.74, 6) is 0.622. The van der Waals surface area contributed by atoms with Gasteiger partial charge in [-0.1, -0.05) is 13.8 Å². The zero-order chi connectivity index (χ0) is 20.3. The van der Waals surface area contributed by atoms with Crippen LogP contribution in [0.5, 0.6) is 0 Å². The number of hydrogen-bond acceptors (Lipinski definition) is 4. The van der Waals surface area contributed by atoms with E-state index in [1.165, 1.54) is 6.92 Å². The van der Waals surface area contributed by atoms with Gasteiger partial charge in [0.2, 0.25) is 0 Å². The fourth-order valence-corrected chi connectivity index (χ4v) is 7.90. The van der Waals surface area contributed by atoms with Crippen molar-refractivity contribution in [3.63, 3.8) is 0 Å². The number of rotatable bonds is 3. The maximum absolute atomic E-state index is 15.8. The minimum absolute atomic E-state index is 0.0137. The second-order valence-corrected chi connectivity index (χ2v) is 10.4. The van der Waals surface area contributed by atoms with E-state index in [9.17, 15) is 14.4 Å². The Morgan fingerprint density at radius 3 is 2.61 bits per heavy atom. The molecule has 0 amide bonds. The first kappa shape index (κ1) is 20.0. The van der Waals surface area contributed by atoms with Crippen LogP contribution in [0.15, 0.2) is 0 Å². The summed E-state index contributed by atoms with van der Waals surface area (Å²) in [6.07, 6.45) is 5.25. The third kappa shape index (κ3) is 2.95. The fraction of sp³-hybridized carbons (Fsp3) is 0.870. The Morgan fingerprint density at radius 1 is 1.14 bits per heavy atom. The van der Waals surface area contributed by atoms with E-state index in [0.717, 1.165) is 32.1 Å². The number of carbonyl (C=O) groups excluding carboxylic acids is 3. The first-order valence-electron chi connectivity index (χ1n) is 11.0. The molecule has 4 fully saturated rings. The minimum atomic E-state index is -0.922. The number of halogens is 1. The van der Waals surface area contributed by atoms with Crippen LogP contribution in [0.2, 0.25) is 0 Å². The summed E-state index contributed by atoms with van der Waals surface area (Å²) >= 11 is 0. The number of Topliss-reactive ketones (excluding diaryl/α,β-unsaturated/α-hetero) is 2. The van der Waals surface area contributed by atoms with Crippen molar-refractivity contribution in [1.82, 2.24) is 0 Å². The van der Waals surface area contributed by atoms with Crippen molar-refractivity contribution in [2.75, 3.05) is 6.61 Å². The van der Waals surface area contributed by atoms with Crippen LogP contribution in [-0.4, -0.2) is 30.3 Å². The van der Waals surface area contributed by atoms with Gasteiger partial charge in [-0.05, 0) is 73.0 Å². The summed E-state index contributed by atoms with van der Waals surface area (Å²) in [7, 11) is 0. The summed E-state index contributed by atoms with van der Waals surface area (Å²) in [4.78, 5) is 35.9. The van der Waals surface area contributed by atoms with Crippen molar-refractivity contribution in [2.24, 2.45) is 40.4 Å². The molecular weight excluding hydrogens is 359 g/mol. The van der Waals surface area contributed by atoms with Gasteiger partial charge in [0.25, 0.3) is 0 Å². The Kier molecular flexibility index (Phi) is 4.95. The summed E-state index contributed by atoms with van der Waals surface area (Å²) in [5.41, 5.74) is -0.428. The monoisotopic (exact) mass is 392 g/mol. The van der Waals surface area contributed by atoms with Crippen LogP contribution in [0.3, 0.4) is 0 Å². The van der Waals surface area contributed by atoms with E-state index in [1.54, 1.807) is 0 Å². The molecule has 28 heavy (non-hydrogen) atoms. The smallest absolute Gasteiger partial charge is 0.303 e. The predicted octanol–water partition coefficient (Wildman–Crippen LogP) is 4.29. The largest absolute Gasteiger partial charge is 0.458 e. The van der Waals surface area contributed by atoms with Crippen molar-refractivity contribution in [3.05, 3.63) is 0 Å². The van der Waals surface area contributed by atoms with Crippen LogP contribution in [0.1, 0.15) is 72.1 Å². The lowest BCUT2D eigenvalue weighted by Gasteiger charge is -2.61. The maximum atomic E-state index is 15.8. The molecule has 0 aromatic carbocycles. The second kappa shape index (κ2) is 6.91. The normalized spacial score (nSPS) is 47.6. The van der Waals surface area contributed by atoms with Gasteiger partial charge < -0.3 is 4.74 Å². The van der Waals surface area contributed by atoms with E-state index in [1.807, 2.05) is 0 Å². The SMILES string of the molecule is CC(=O)OCC(=O)[C@H]1CC[C@H]2[C@@H]3CCC4CC(=O)CC[C@]4(C)[C@H]3C(F)C[C@]12C. The van der Waals surface area contributed by atoms with Crippen molar-refractivity contribution in [3.8, 4) is 0 Å². The van der Waals surface area contributed by atoms with Gasteiger partial charge in [0.1, 0.15) is 18.6 Å². The average molecular weight is 393 g/mol. The molecule has 4 saturated carbocycles. The van der Waals surface area contributed by atoms with E-state index < -0.39 is 12.1 Å². The zero-order valence-corrected chi connectivity index (χ0v) is 17.3. The molecule has 5 heteroatoms. The van der Waals surface area contributed by atoms with Gasteiger partial charge in [0.15, 0.2) is 5.78 Å². The van der Waals surface area contributed by atoms with Crippen LogP contribution < -0.4 is 0 Å². The van der Waals surface area contributed by atoms with Gasteiger partial charge >= 0.3 is 5.97 Å². The Hall–Kier alpha value is -1.26. The predicted molar refractivity (Wildman–Crippen MR) is 102 cm³/mol. The highest BCUT2D eigenvalue weighted by Crippen LogP contribution is 2.67. The molecule has 4 nitrogen and oxygen atoms in total. The molecule has 0 N–H and O–H groups in total. The highest BCUT2D eigenvalue weighted by atomic mass is 19.1. The molecule has 0 saturated heterocycles. The Labute approximate surface area is 167 Å². The molecule has 0 radical (unpaired) electrons. The van der Waals surface area contributed by atoms with Crippen LogP contribution >= 0.6 is 0 Å². The molecule has 4 aliphatic carbocycles. The first-order chi connectivity index (χ1) is 13.2. The summed E-state index contributed by atoms with van der Waals surface area (Å²) in [5, 5.41) is 0. The van der Waals surface area contributed by atoms with Crippen LogP contribution in [-0.2, 0) is 19.1 Å². The Morgan fingerprint density at radius 2 is 1.89 bits per heavy atom. The van der Waals surface area contributed by atoms with E-state index >= 15 is 4.39 Å². The fourth-order valence-electron chi connectivity index (χ4n) is 7.90. The number of carbonyl (C=O) groups is 3. The number of fused-ring (bicyclic) bond motifs is 5. The molecule has 0 spiro atoms. The minimum Gasteiger partial charge on any atom is -0.458 e. The summed E-state index contributed by atoms with van der Waals surface area (Å²) < 4.78 is 20.7. The number of alkyl halides is 1. The lowest BCUT2D eigenvalue weighted by Crippen LogP contribution is -2.58. The molecule has 0 aromatic rings. The molecule has 4 rings (SSSR count).